The molecule has 0 radical (unpaired) electrons. The molecular weight excluding hydrogens is 624 g/mol. The topological polar surface area (TPSA) is 25.8 Å². The van der Waals surface area contributed by atoms with Crippen molar-refractivity contribution in [2.75, 3.05) is 0 Å². The van der Waals surface area contributed by atoms with Crippen LogP contribution < -0.4 is 0 Å². The Labute approximate surface area is 293 Å². The molecule has 50 heavy (non-hydrogen) atoms. The Kier molecular flexibility index (Phi) is 7.78. The molecule has 9 rings (SSSR count). The van der Waals surface area contributed by atoms with Gasteiger partial charge in [0.1, 0.15) is 10.9 Å². The largest absolute Gasteiger partial charge is 0.223 e. The zero-order valence-electron chi connectivity index (χ0n) is 27.2. The first-order chi connectivity index (χ1) is 24.7. The summed E-state index contributed by atoms with van der Waals surface area (Å²) in [6.07, 6.45) is 0. The smallest absolute Gasteiger partial charge is 0.161 e. The summed E-state index contributed by atoms with van der Waals surface area (Å²) >= 11 is 0. The van der Waals surface area contributed by atoms with Crippen molar-refractivity contribution in [3.8, 4) is 66.7 Å². The minimum absolute atomic E-state index is 0.726. The maximum absolute atomic E-state index is 5.19. The molecule has 9 aromatic rings. The fourth-order valence-electron chi connectivity index (χ4n) is 6.66. The maximum atomic E-state index is 5.19. The van der Waals surface area contributed by atoms with Crippen LogP contribution in [0.15, 0.2) is 188 Å². The molecule has 0 unspecified atom stereocenters. The third-order valence-corrected chi connectivity index (χ3v) is 10.5. The number of nitrogens with zero attached hydrogens (tertiary/aromatic N) is 2. The second-order valence-corrected chi connectivity index (χ2v) is 13.6. The van der Waals surface area contributed by atoms with Gasteiger partial charge in [-0.3, -0.25) is 0 Å². The zero-order chi connectivity index (χ0) is 33.3. The van der Waals surface area contributed by atoms with Crippen LogP contribution in [-0.2, 0) is 0 Å². The van der Waals surface area contributed by atoms with Crippen molar-refractivity contribution in [1.29, 1.82) is 0 Å². The van der Waals surface area contributed by atoms with Gasteiger partial charge < -0.3 is 0 Å². The molecule has 0 fully saturated rings. The van der Waals surface area contributed by atoms with Crippen molar-refractivity contribution >= 4 is 29.7 Å². The lowest BCUT2D eigenvalue weighted by atomic mass is 9.97. The highest BCUT2D eigenvalue weighted by atomic mass is 31.0. The molecule has 0 aliphatic carbocycles. The average molecular weight is 655 g/mol. The Morgan fingerprint density at radius 2 is 0.780 bits per heavy atom. The van der Waals surface area contributed by atoms with Crippen molar-refractivity contribution in [3.05, 3.63) is 188 Å². The molecule has 0 amide bonds. The first-order valence-corrected chi connectivity index (χ1v) is 17.7. The lowest BCUT2D eigenvalue weighted by Gasteiger charge is -2.11. The molecule has 2 nitrogen and oxygen atoms in total. The molecule has 0 aliphatic rings. The Hall–Kier alpha value is -6.21. The minimum atomic E-state index is 0.726. The van der Waals surface area contributed by atoms with Crippen LogP contribution in [0.3, 0.4) is 0 Å². The Bertz CT molecular complexity index is 2610. The Balaban J connectivity index is 1.10. The Morgan fingerprint density at radius 1 is 0.300 bits per heavy atom. The standard InChI is InChI=1S/C47H31N2P/c1-2-9-32(10-3-1)34-17-26-39(27-18-34)46-48-45(38-24-22-37(23-25-38)44-16-8-14-36-12-6-7-15-43(36)44)49-47(50-46)40-28-19-35(20-29-40)42-30-21-33-11-4-5-13-41(33)31-42/h1-31H. The summed E-state index contributed by atoms with van der Waals surface area (Å²) in [4.78, 5) is 10.4. The van der Waals surface area contributed by atoms with Gasteiger partial charge >= 0.3 is 0 Å². The third-order valence-electron chi connectivity index (χ3n) is 9.36. The van der Waals surface area contributed by atoms with Gasteiger partial charge in [0, 0.05) is 16.7 Å². The summed E-state index contributed by atoms with van der Waals surface area (Å²) in [7, 11) is 0.974. The van der Waals surface area contributed by atoms with E-state index >= 15 is 0 Å². The summed E-state index contributed by atoms with van der Waals surface area (Å²) in [5, 5.41) is 4.98. The van der Waals surface area contributed by atoms with Crippen LogP contribution in [0.25, 0.3) is 88.3 Å². The van der Waals surface area contributed by atoms with E-state index in [0.29, 0.717) is 0 Å². The van der Waals surface area contributed by atoms with Gasteiger partial charge in [0.25, 0.3) is 0 Å². The minimum Gasteiger partial charge on any atom is -0.223 e. The van der Waals surface area contributed by atoms with E-state index in [4.69, 9.17) is 9.97 Å². The van der Waals surface area contributed by atoms with Crippen molar-refractivity contribution < 1.29 is 0 Å². The molecule has 0 saturated heterocycles. The molecule has 8 aromatic carbocycles. The molecule has 0 aliphatic heterocycles. The van der Waals surface area contributed by atoms with Crippen LogP contribution >= 0.6 is 8.19 Å². The molecule has 1 aromatic heterocycles. The highest BCUT2D eigenvalue weighted by molar-refractivity contribution is 7.37. The van der Waals surface area contributed by atoms with Crippen LogP contribution in [-0.4, -0.2) is 9.97 Å². The average Bonchev–Trinajstić information content (AvgIpc) is 3.21. The molecule has 0 bridgehead atoms. The molecule has 234 valence electrons. The van der Waals surface area contributed by atoms with Gasteiger partial charge in [0.2, 0.25) is 0 Å². The third kappa shape index (κ3) is 5.87. The van der Waals surface area contributed by atoms with Gasteiger partial charge in [0.15, 0.2) is 5.82 Å². The van der Waals surface area contributed by atoms with Crippen LogP contribution in [0, 0.1) is 0 Å². The van der Waals surface area contributed by atoms with Crippen LogP contribution in [0.4, 0.5) is 0 Å². The van der Waals surface area contributed by atoms with E-state index in [-0.39, 0.29) is 0 Å². The van der Waals surface area contributed by atoms with E-state index < -0.39 is 0 Å². The second kappa shape index (κ2) is 13.0. The van der Waals surface area contributed by atoms with Crippen LogP contribution in [0.1, 0.15) is 0 Å². The monoisotopic (exact) mass is 654 g/mol. The predicted octanol–water partition coefficient (Wildman–Crippen LogP) is 13.4. The SMILES string of the molecule is c1ccc(-c2ccc(-c3nc(-c4ccc(-c5cccc6ccccc56)cc4)nc(-c4ccc(-c5ccc6ccccc6c5)cc4)p3)cc2)cc1. The molecule has 0 atom stereocenters. The number of hydrogen-bond acceptors (Lipinski definition) is 2. The number of aromatic nitrogens is 2. The number of fused-ring (bicyclic) bond motifs is 2. The summed E-state index contributed by atoms with van der Waals surface area (Å²) in [5.74, 6) is 0.726. The predicted molar refractivity (Wildman–Crippen MR) is 212 cm³/mol. The number of benzene rings is 8. The highest BCUT2D eigenvalue weighted by Gasteiger charge is 2.13. The summed E-state index contributed by atoms with van der Waals surface area (Å²) < 4.78 is 0. The van der Waals surface area contributed by atoms with Crippen LogP contribution in [0.5, 0.6) is 0 Å². The molecule has 3 heteroatoms. The first-order valence-electron chi connectivity index (χ1n) is 16.9. The Morgan fingerprint density at radius 3 is 1.48 bits per heavy atom. The van der Waals surface area contributed by atoms with Crippen molar-refractivity contribution in [2.24, 2.45) is 0 Å². The fourth-order valence-corrected chi connectivity index (χ4v) is 7.71. The molecule has 0 N–H and O–H groups in total. The molecule has 1 heterocycles. The van der Waals surface area contributed by atoms with Gasteiger partial charge in [0.05, 0.1) is 0 Å². The van der Waals surface area contributed by atoms with E-state index in [1.807, 2.05) is 0 Å². The van der Waals surface area contributed by atoms with Gasteiger partial charge in [-0.05, 0) is 69.2 Å². The van der Waals surface area contributed by atoms with E-state index in [0.717, 1.165) is 41.6 Å². The summed E-state index contributed by atoms with van der Waals surface area (Å²) in [5.41, 5.74) is 12.3. The van der Waals surface area contributed by atoms with Crippen molar-refractivity contribution in [1.82, 2.24) is 9.97 Å². The van der Waals surface area contributed by atoms with E-state index in [1.165, 1.54) is 54.9 Å². The maximum Gasteiger partial charge on any atom is 0.161 e. The van der Waals surface area contributed by atoms with E-state index in [2.05, 4.69) is 188 Å². The first kappa shape index (κ1) is 29.9. The van der Waals surface area contributed by atoms with Gasteiger partial charge in [-0.1, -0.05) is 182 Å². The van der Waals surface area contributed by atoms with E-state index in [9.17, 15) is 0 Å². The van der Waals surface area contributed by atoms with Crippen LogP contribution in [0.2, 0.25) is 0 Å². The quantitative estimate of drug-likeness (QED) is 0.178. The van der Waals surface area contributed by atoms with Crippen molar-refractivity contribution in [3.63, 3.8) is 0 Å². The van der Waals surface area contributed by atoms with Gasteiger partial charge in [-0.25, -0.2) is 9.97 Å². The van der Waals surface area contributed by atoms with E-state index in [1.54, 1.807) is 0 Å². The number of hydrogen-bond donors (Lipinski definition) is 0. The second-order valence-electron chi connectivity index (χ2n) is 12.5. The highest BCUT2D eigenvalue weighted by Crippen LogP contribution is 2.38. The number of rotatable bonds is 6. The van der Waals surface area contributed by atoms with Gasteiger partial charge in [-0.15, -0.1) is 0 Å². The fraction of sp³-hybridized carbons (Fsp3) is 0. The van der Waals surface area contributed by atoms with Gasteiger partial charge in [-0.2, -0.15) is 0 Å². The molecular formula is C47H31N2P. The molecule has 0 spiro atoms. The lowest BCUT2D eigenvalue weighted by Crippen LogP contribution is -1.93. The zero-order valence-corrected chi connectivity index (χ0v) is 28.1. The lowest BCUT2D eigenvalue weighted by molar-refractivity contribution is 1.23. The summed E-state index contributed by atoms with van der Waals surface area (Å²) in [6.45, 7) is 0. The normalized spacial score (nSPS) is 11.4. The molecule has 0 saturated carbocycles. The summed E-state index contributed by atoms with van der Waals surface area (Å²) in [6, 6.07) is 66.9. The van der Waals surface area contributed by atoms with Crippen molar-refractivity contribution in [2.45, 2.75) is 0 Å².